The first-order valence-corrected chi connectivity index (χ1v) is 14.6. The lowest BCUT2D eigenvalue weighted by molar-refractivity contribution is -0.111. The topological polar surface area (TPSA) is 110 Å². The van der Waals surface area contributed by atoms with Gasteiger partial charge in [0.2, 0.25) is 11.9 Å². The van der Waals surface area contributed by atoms with Gasteiger partial charge in [-0.05, 0) is 37.1 Å². The van der Waals surface area contributed by atoms with Crippen LogP contribution in [0.25, 0.3) is 17.1 Å². The predicted octanol–water partition coefficient (Wildman–Crippen LogP) is 0.239. The molecule has 0 atom stereocenters. The Balaban J connectivity index is 1.55. The fraction of sp³-hybridized carbons (Fsp3) is 0.267. The number of hydrogen-bond acceptors (Lipinski definition) is 9. The van der Waals surface area contributed by atoms with Crippen LogP contribution in [0.2, 0.25) is 0 Å². The monoisotopic (exact) mass is 590 g/mol. The van der Waals surface area contributed by atoms with E-state index in [-0.39, 0.29) is 11.2 Å². The number of ether oxygens (including phenoxy) is 2. The predicted molar refractivity (Wildman–Crippen MR) is 183 cm³/mol. The van der Waals surface area contributed by atoms with Gasteiger partial charge in [0.25, 0.3) is 0 Å². The second kappa shape index (κ2) is 13.0. The number of methoxy groups -OCH3 is 1. The molecule has 2 aromatic carbocycles. The Hall–Kier alpha value is -4.55. The number of nitrogens with one attached hydrogen (secondary N) is 2. The maximum atomic E-state index is 12.4. The van der Waals surface area contributed by atoms with E-state index in [9.17, 15) is 4.79 Å². The molecule has 0 bridgehead atoms. The number of anilines is 4. The van der Waals surface area contributed by atoms with Gasteiger partial charge in [-0.1, -0.05) is 36.9 Å². The second-order valence-corrected chi connectivity index (χ2v) is 11.3. The molecule has 1 aliphatic rings. The average molecular weight is 590 g/mol. The maximum absolute atomic E-state index is 12.4. The number of hydrogen-bond donors (Lipinski definition) is 2. The summed E-state index contributed by atoms with van der Waals surface area (Å²) in [6, 6.07) is 15.7. The number of amides is 1. The fourth-order valence-electron chi connectivity index (χ4n) is 5.31. The lowest BCUT2D eigenvalue weighted by Crippen LogP contribution is -2.46. The molecule has 14 heteroatoms. The van der Waals surface area contributed by atoms with Crippen molar-refractivity contribution < 1.29 is 14.3 Å². The van der Waals surface area contributed by atoms with Crippen LogP contribution < -0.4 is 25.9 Å². The number of aromatic nitrogens is 4. The molecular formula is C30H37B3N8O3. The lowest BCUT2D eigenvalue weighted by Gasteiger charge is -2.34. The highest BCUT2D eigenvalue weighted by Crippen LogP contribution is 2.38. The Morgan fingerprint density at radius 3 is 2.52 bits per heavy atom. The third-order valence-electron chi connectivity index (χ3n) is 8.11. The largest absolute Gasteiger partial charge is 0.494 e. The van der Waals surface area contributed by atoms with Crippen molar-refractivity contribution in [3.05, 3.63) is 72.9 Å². The number of nitrogens with zero attached hydrogens (tertiary/aromatic N) is 6. The molecule has 44 heavy (non-hydrogen) atoms. The van der Waals surface area contributed by atoms with Gasteiger partial charge in [-0.3, -0.25) is 4.79 Å². The zero-order chi connectivity index (χ0) is 31.4. The third-order valence-corrected chi connectivity index (χ3v) is 8.11. The molecule has 0 spiro atoms. The molecule has 1 saturated heterocycles. The number of rotatable bonds is 10. The van der Waals surface area contributed by atoms with Crippen LogP contribution in [0.1, 0.15) is 5.56 Å². The lowest BCUT2D eigenvalue weighted by atomic mass is 9.55. The molecule has 2 N–H and O–H groups in total. The summed E-state index contributed by atoms with van der Waals surface area (Å²) in [6.45, 7) is 6.19. The van der Waals surface area contributed by atoms with Crippen LogP contribution >= 0.6 is 0 Å². The van der Waals surface area contributed by atoms with Crippen molar-refractivity contribution in [2.75, 3.05) is 63.0 Å². The number of morpholine rings is 1. The van der Waals surface area contributed by atoms with E-state index in [1.165, 1.54) is 6.08 Å². The highest BCUT2D eigenvalue weighted by atomic mass is 16.5. The van der Waals surface area contributed by atoms with Crippen molar-refractivity contribution in [1.29, 1.82) is 0 Å². The van der Waals surface area contributed by atoms with Gasteiger partial charge in [0.15, 0.2) is 13.7 Å². The van der Waals surface area contributed by atoms with Gasteiger partial charge in [0.1, 0.15) is 21.4 Å². The molecule has 0 saturated carbocycles. The molecule has 11 nitrogen and oxygen atoms in total. The van der Waals surface area contributed by atoms with Crippen LogP contribution in [0.4, 0.5) is 23.0 Å². The summed E-state index contributed by atoms with van der Waals surface area (Å²) in [6.07, 6.45) is 2.94. The van der Waals surface area contributed by atoms with Crippen molar-refractivity contribution in [3.8, 4) is 22.8 Å². The Kier molecular flexibility index (Phi) is 9.12. The van der Waals surface area contributed by atoms with Crippen molar-refractivity contribution >= 4 is 58.0 Å². The molecule has 0 aliphatic carbocycles. The van der Waals surface area contributed by atoms with E-state index in [0.29, 0.717) is 55.2 Å². The minimum absolute atomic E-state index is 0.302. The van der Waals surface area contributed by atoms with E-state index >= 15 is 0 Å². The minimum Gasteiger partial charge on any atom is -0.494 e. The minimum atomic E-state index is -0.311. The van der Waals surface area contributed by atoms with Crippen LogP contribution in [0.15, 0.2) is 67.4 Å². The first kappa shape index (κ1) is 30.9. The van der Waals surface area contributed by atoms with E-state index in [1.54, 1.807) is 13.3 Å². The smallest absolute Gasteiger partial charge is 0.247 e. The fourth-order valence-corrected chi connectivity index (χ4v) is 5.31. The van der Waals surface area contributed by atoms with Crippen LogP contribution in [0.3, 0.4) is 0 Å². The highest BCUT2D eigenvalue weighted by molar-refractivity contribution is 6.43. The molecule has 4 aromatic rings. The van der Waals surface area contributed by atoms with Crippen LogP contribution in [0.5, 0.6) is 5.75 Å². The van der Waals surface area contributed by atoms with Crippen LogP contribution in [-0.2, 0) is 14.9 Å². The average Bonchev–Trinajstić information content (AvgIpc) is 3.39. The van der Waals surface area contributed by atoms with Gasteiger partial charge in [-0.15, -0.1) is 0 Å². The first-order chi connectivity index (χ1) is 21.1. The van der Waals surface area contributed by atoms with Gasteiger partial charge in [-0.2, -0.15) is 10.1 Å². The number of benzene rings is 2. The molecule has 1 amide bonds. The molecule has 224 valence electrons. The summed E-state index contributed by atoms with van der Waals surface area (Å²) < 4.78 is 13.2. The zero-order valence-electron chi connectivity index (χ0n) is 26.2. The van der Waals surface area contributed by atoms with Crippen molar-refractivity contribution in [1.82, 2.24) is 24.6 Å². The molecule has 5 rings (SSSR count). The maximum Gasteiger partial charge on any atom is 0.247 e. The van der Waals surface area contributed by atoms with Crippen LogP contribution in [0, 0.1) is 0 Å². The quantitative estimate of drug-likeness (QED) is 0.199. The summed E-state index contributed by atoms with van der Waals surface area (Å²) in [7, 11) is 12.2. The summed E-state index contributed by atoms with van der Waals surface area (Å²) in [5, 5.41) is 11.0. The summed E-state index contributed by atoms with van der Waals surface area (Å²) >= 11 is 0. The molecule has 3 heterocycles. The Labute approximate surface area is 260 Å². The summed E-state index contributed by atoms with van der Waals surface area (Å²) in [4.78, 5) is 26.0. The van der Waals surface area contributed by atoms with Gasteiger partial charge < -0.3 is 29.9 Å². The van der Waals surface area contributed by atoms with Gasteiger partial charge >= 0.3 is 0 Å². The Bertz CT molecular complexity index is 1660. The first-order valence-electron chi connectivity index (χ1n) is 14.6. The van der Waals surface area contributed by atoms with E-state index in [4.69, 9.17) is 19.6 Å². The molecule has 0 unspecified atom stereocenters. The molecule has 2 aromatic heterocycles. The van der Waals surface area contributed by atoms with E-state index in [1.807, 2.05) is 41.1 Å². The SMILES string of the molecule is Bc1c(C(B)(B)N(C)C)c(-c2ccccc2)nn1-c1ccnc(Nc2cc(NC(=O)C=C)c(N3CCOCC3)cc2OC)n1. The van der Waals surface area contributed by atoms with E-state index < -0.39 is 0 Å². The number of carbonyl (C=O) groups is 1. The molecule has 0 radical (unpaired) electrons. The normalized spacial score (nSPS) is 13.5. The van der Waals surface area contributed by atoms with E-state index in [2.05, 4.69) is 81.8 Å². The van der Waals surface area contributed by atoms with E-state index in [0.717, 1.165) is 28.1 Å². The van der Waals surface area contributed by atoms with Gasteiger partial charge in [0.05, 0.1) is 43.1 Å². The summed E-state index contributed by atoms with van der Waals surface area (Å²) in [5.41, 5.74) is 6.07. The molecule has 1 fully saturated rings. The van der Waals surface area contributed by atoms with Gasteiger partial charge in [0, 0.05) is 42.6 Å². The standard InChI is InChI=1S/C30H37B3N8O3/c1-5-25(42)35-20-17-21(23(43-4)18-22(20)40-13-15-44-16-14-40)36-29-34-12-11-24(37-29)41-28(31)26(30(32,33)39(2)3)27(38-41)19-9-7-6-8-10-19/h5-12,17-18H,1,13-16,31-33H2,2-4H3,(H,35,42)(H,34,36,37). The Morgan fingerprint density at radius 2 is 1.86 bits per heavy atom. The second-order valence-electron chi connectivity index (χ2n) is 11.3. The third kappa shape index (κ3) is 6.22. The van der Waals surface area contributed by atoms with Crippen molar-refractivity contribution in [2.45, 2.75) is 5.34 Å². The molecule has 1 aliphatic heterocycles. The van der Waals surface area contributed by atoms with Crippen LogP contribution in [-0.4, -0.2) is 102 Å². The zero-order valence-corrected chi connectivity index (χ0v) is 26.2. The Morgan fingerprint density at radius 1 is 1.14 bits per heavy atom. The van der Waals surface area contributed by atoms with Crippen molar-refractivity contribution in [2.24, 2.45) is 0 Å². The van der Waals surface area contributed by atoms with Crippen molar-refractivity contribution in [3.63, 3.8) is 0 Å². The summed E-state index contributed by atoms with van der Waals surface area (Å²) in [5.74, 6) is 1.23. The molecular weight excluding hydrogens is 553 g/mol. The number of carbonyl (C=O) groups excluding carboxylic acids is 1. The van der Waals surface area contributed by atoms with Gasteiger partial charge in [-0.25, -0.2) is 9.67 Å². The highest BCUT2D eigenvalue weighted by Gasteiger charge is 2.32.